The zero-order valence-electron chi connectivity index (χ0n) is 25.2. The molecular weight excluding hydrogens is 612 g/mol. The summed E-state index contributed by atoms with van der Waals surface area (Å²) in [4.78, 5) is 14.7. The van der Waals surface area contributed by atoms with Crippen molar-refractivity contribution in [3.8, 4) is 51.0 Å². The molecular formula is C40H24F4N4. The molecule has 0 saturated carbocycles. The molecule has 0 amide bonds. The Balaban J connectivity index is 1.45. The Morgan fingerprint density at radius 1 is 0.458 bits per heavy atom. The second-order valence-electron chi connectivity index (χ2n) is 11.4. The third-order valence-electron chi connectivity index (χ3n) is 8.34. The molecule has 2 heterocycles. The summed E-state index contributed by atoms with van der Waals surface area (Å²) < 4.78 is 58.0. The lowest BCUT2D eigenvalue weighted by Gasteiger charge is -2.16. The molecule has 0 bridgehead atoms. The maximum absolute atomic E-state index is 14.4. The topological polar surface area (TPSA) is 43.6 Å². The molecule has 0 saturated heterocycles. The highest BCUT2D eigenvalue weighted by Crippen LogP contribution is 2.40. The first-order valence-electron chi connectivity index (χ1n) is 15.2. The number of benzene rings is 6. The van der Waals surface area contributed by atoms with E-state index < -0.39 is 11.7 Å². The molecule has 8 aromatic rings. The highest BCUT2D eigenvalue weighted by molar-refractivity contribution is 6.10. The molecule has 0 unspecified atom stereocenters. The van der Waals surface area contributed by atoms with Crippen LogP contribution in [0.4, 0.5) is 17.6 Å². The molecule has 0 radical (unpaired) electrons. The van der Waals surface area contributed by atoms with Crippen LogP contribution in [-0.2, 0) is 6.18 Å². The number of alkyl halides is 3. The van der Waals surface area contributed by atoms with E-state index in [1.165, 1.54) is 24.3 Å². The quantitative estimate of drug-likeness (QED) is 0.177. The van der Waals surface area contributed by atoms with E-state index in [0.717, 1.165) is 17.2 Å². The molecule has 0 aliphatic heterocycles. The van der Waals surface area contributed by atoms with Gasteiger partial charge in [0.05, 0.1) is 22.3 Å². The van der Waals surface area contributed by atoms with Crippen LogP contribution in [0.15, 0.2) is 146 Å². The van der Waals surface area contributed by atoms with Gasteiger partial charge >= 0.3 is 6.18 Å². The number of para-hydroxylation sites is 1. The fourth-order valence-corrected chi connectivity index (χ4v) is 6.09. The first-order chi connectivity index (χ1) is 23.3. The SMILES string of the molecule is Fc1cccc(-c2ccc(-c3nc(-c4ccccc4)nc(-c4ccccc4)n3)c(-n3c4ccccc4c4cc(C(F)(F)F)ccc43)c2)c1. The minimum absolute atomic E-state index is 0.376. The van der Waals surface area contributed by atoms with Crippen LogP contribution in [0.3, 0.4) is 0 Å². The van der Waals surface area contributed by atoms with Crippen molar-refractivity contribution in [2.45, 2.75) is 6.18 Å². The summed E-state index contributed by atoms with van der Waals surface area (Å²) in [7, 11) is 0. The number of hydrogen-bond donors (Lipinski definition) is 0. The van der Waals surface area contributed by atoms with Gasteiger partial charge in [0.25, 0.3) is 0 Å². The molecule has 48 heavy (non-hydrogen) atoms. The van der Waals surface area contributed by atoms with Crippen LogP contribution >= 0.6 is 0 Å². The summed E-state index contributed by atoms with van der Waals surface area (Å²) in [6.45, 7) is 0. The summed E-state index contributed by atoms with van der Waals surface area (Å²) in [6.07, 6.45) is -4.51. The fraction of sp³-hybridized carbons (Fsp3) is 0.0250. The largest absolute Gasteiger partial charge is 0.416 e. The normalized spacial score (nSPS) is 11.8. The monoisotopic (exact) mass is 636 g/mol. The lowest BCUT2D eigenvalue weighted by molar-refractivity contribution is -0.137. The van der Waals surface area contributed by atoms with Crippen LogP contribution in [-0.4, -0.2) is 19.5 Å². The molecule has 0 spiro atoms. The van der Waals surface area contributed by atoms with Crippen LogP contribution < -0.4 is 0 Å². The van der Waals surface area contributed by atoms with Gasteiger partial charge in [0.2, 0.25) is 0 Å². The molecule has 0 fully saturated rings. The Labute approximate surface area is 272 Å². The van der Waals surface area contributed by atoms with E-state index in [9.17, 15) is 17.6 Å². The Morgan fingerprint density at radius 2 is 1.04 bits per heavy atom. The molecule has 232 valence electrons. The summed E-state index contributed by atoms with van der Waals surface area (Å²) in [5.74, 6) is 0.932. The summed E-state index contributed by atoms with van der Waals surface area (Å²) in [6, 6.07) is 42.2. The maximum Gasteiger partial charge on any atom is 0.416 e. The average Bonchev–Trinajstić information content (AvgIpc) is 3.45. The minimum atomic E-state index is -4.51. The number of hydrogen-bond acceptors (Lipinski definition) is 3. The van der Waals surface area contributed by atoms with E-state index in [-0.39, 0.29) is 5.82 Å². The van der Waals surface area contributed by atoms with Crippen LogP contribution in [0.25, 0.3) is 72.8 Å². The van der Waals surface area contributed by atoms with E-state index in [4.69, 9.17) is 15.0 Å². The van der Waals surface area contributed by atoms with Crippen LogP contribution in [0.1, 0.15) is 5.56 Å². The Hall–Kier alpha value is -6.15. The predicted molar refractivity (Wildman–Crippen MR) is 181 cm³/mol. The molecule has 6 aromatic carbocycles. The maximum atomic E-state index is 14.4. The van der Waals surface area contributed by atoms with Gasteiger partial charge in [-0.3, -0.25) is 0 Å². The van der Waals surface area contributed by atoms with Gasteiger partial charge in [-0.25, -0.2) is 19.3 Å². The molecule has 0 aliphatic rings. The van der Waals surface area contributed by atoms with Gasteiger partial charge in [-0.2, -0.15) is 13.2 Å². The van der Waals surface area contributed by atoms with Crippen molar-refractivity contribution in [3.05, 3.63) is 157 Å². The number of aromatic nitrogens is 4. The fourth-order valence-electron chi connectivity index (χ4n) is 6.09. The van der Waals surface area contributed by atoms with Gasteiger partial charge in [0, 0.05) is 27.5 Å². The molecule has 0 atom stereocenters. The van der Waals surface area contributed by atoms with Gasteiger partial charge in [-0.05, 0) is 59.7 Å². The Bertz CT molecular complexity index is 2400. The molecule has 0 N–H and O–H groups in total. The highest BCUT2D eigenvalue weighted by Gasteiger charge is 2.31. The van der Waals surface area contributed by atoms with Crippen LogP contribution in [0.5, 0.6) is 0 Å². The second kappa shape index (κ2) is 11.6. The third kappa shape index (κ3) is 5.27. The number of fused-ring (bicyclic) bond motifs is 3. The first kappa shape index (κ1) is 29.3. The second-order valence-corrected chi connectivity index (χ2v) is 11.4. The summed E-state index contributed by atoms with van der Waals surface area (Å²) >= 11 is 0. The standard InChI is InChI=1S/C40H24F4N4/c41-30-15-9-14-27(22-30)28-18-20-32(39-46-37(25-10-3-1-4-11-25)45-38(47-39)26-12-5-2-6-13-26)36(23-28)48-34-17-8-7-16-31(34)33-24-29(40(42,43)44)19-21-35(33)48/h1-24H. The van der Waals surface area contributed by atoms with Crippen molar-refractivity contribution < 1.29 is 17.6 Å². The Kier molecular flexibility index (Phi) is 7.06. The summed E-state index contributed by atoms with van der Waals surface area (Å²) in [5.41, 5.74) is 4.74. The van der Waals surface area contributed by atoms with Crippen LogP contribution in [0.2, 0.25) is 0 Å². The van der Waals surface area contributed by atoms with Gasteiger partial charge in [-0.1, -0.05) is 97.1 Å². The van der Waals surface area contributed by atoms with Gasteiger partial charge < -0.3 is 4.57 Å². The third-order valence-corrected chi connectivity index (χ3v) is 8.34. The lowest BCUT2D eigenvalue weighted by Crippen LogP contribution is -2.05. The first-order valence-corrected chi connectivity index (χ1v) is 15.2. The number of nitrogens with zero attached hydrogens (tertiary/aromatic N) is 4. The minimum Gasteiger partial charge on any atom is -0.308 e. The average molecular weight is 637 g/mol. The Morgan fingerprint density at radius 3 is 1.71 bits per heavy atom. The van der Waals surface area contributed by atoms with E-state index >= 15 is 0 Å². The van der Waals surface area contributed by atoms with E-state index in [2.05, 4.69) is 0 Å². The van der Waals surface area contributed by atoms with Gasteiger partial charge in [0.1, 0.15) is 5.82 Å². The van der Waals surface area contributed by atoms with Gasteiger partial charge in [0.15, 0.2) is 17.5 Å². The molecule has 8 rings (SSSR count). The highest BCUT2D eigenvalue weighted by atomic mass is 19.4. The van der Waals surface area contributed by atoms with Crippen molar-refractivity contribution in [2.75, 3.05) is 0 Å². The molecule has 0 aliphatic carbocycles. The van der Waals surface area contributed by atoms with Crippen molar-refractivity contribution in [2.24, 2.45) is 0 Å². The van der Waals surface area contributed by atoms with Crippen molar-refractivity contribution >= 4 is 21.8 Å². The van der Waals surface area contributed by atoms with Gasteiger partial charge in [-0.15, -0.1) is 0 Å². The molecule has 4 nitrogen and oxygen atoms in total. The van der Waals surface area contributed by atoms with Crippen LogP contribution in [0, 0.1) is 5.82 Å². The number of rotatable bonds is 5. The van der Waals surface area contributed by atoms with E-state index in [0.29, 0.717) is 61.7 Å². The molecule has 2 aromatic heterocycles. The van der Waals surface area contributed by atoms with Crippen molar-refractivity contribution in [1.29, 1.82) is 0 Å². The smallest absolute Gasteiger partial charge is 0.308 e. The van der Waals surface area contributed by atoms with Crippen molar-refractivity contribution in [3.63, 3.8) is 0 Å². The molecule has 8 heteroatoms. The predicted octanol–water partition coefficient (Wildman–Crippen LogP) is 10.8. The summed E-state index contributed by atoms with van der Waals surface area (Å²) in [5, 5.41) is 1.11. The lowest BCUT2D eigenvalue weighted by atomic mass is 10.0. The van der Waals surface area contributed by atoms with Crippen molar-refractivity contribution in [1.82, 2.24) is 19.5 Å². The van der Waals surface area contributed by atoms with E-state index in [1.807, 2.05) is 108 Å². The zero-order chi connectivity index (χ0) is 32.8. The number of halogens is 4. The van der Waals surface area contributed by atoms with E-state index in [1.54, 1.807) is 12.1 Å². The zero-order valence-corrected chi connectivity index (χ0v) is 25.2.